The van der Waals surface area contributed by atoms with Crippen molar-refractivity contribution in [1.29, 1.82) is 0 Å². The van der Waals surface area contributed by atoms with Crippen LogP contribution < -0.4 is 4.74 Å². The summed E-state index contributed by atoms with van der Waals surface area (Å²) in [6.07, 6.45) is 2.08. The standard InChI is InChI=1S/C12H18O/c1-5-10-7-9(3)8-11(6-2)12(10)13-4/h7-8H,5-6H2,1-4H3. The molecule has 0 aliphatic rings. The van der Waals surface area contributed by atoms with Gasteiger partial charge >= 0.3 is 0 Å². The van der Waals surface area contributed by atoms with E-state index < -0.39 is 0 Å². The van der Waals surface area contributed by atoms with Crippen LogP contribution in [0.5, 0.6) is 5.75 Å². The van der Waals surface area contributed by atoms with E-state index in [0.29, 0.717) is 0 Å². The molecule has 0 N–H and O–H groups in total. The smallest absolute Gasteiger partial charge is 0.125 e. The van der Waals surface area contributed by atoms with Gasteiger partial charge in [0.25, 0.3) is 0 Å². The fourth-order valence-electron chi connectivity index (χ4n) is 1.72. The van der Waals surface area contributed by atoms with Crippen LogP contribution >= 0.6 is 0 Å². The van der Waals surface area contributed by atoms with Crippen molar-refractivity contribution in [1.82, 2.24) is 0 Å². The van der Waals surface area contributed by atoms with Crippen molar-refractivity contribution < 1.29 is 4.74 Å². The van der Waals surface area contributed by atoms with Crippen LogP contribution in [0.25, 0.3) is 0 Å². The highest BCUT2D eigenvalue weighted by molar-refractivity contribution is 5.44. The molecule has 72 valence electrons. The molecule has 0 bridgehead atoms. The zero-order valence-corrected chi connectivity index (χ0v) is 8.98. The molecule has 0 saturated carbocycles. The molecule has 0 radical (unpaired) electrons. The Morgan fingerprint density at radius 1 is 1.08 bits per heavy atom. The Morgan fingerprint density at radius 2 is 1.54 bits per heavy atom. The number of ether oxygens (including phenoxy) is 1. The van der Waals surface area contributed by atoms with E-state index in [9.17, 15) is 0 Å². The first kappa shape index (κ1) is 10.1. The molecule has 0 heterocycles. The lowest BCUT2D eigenvalue weighted by Gasteiger charge is -2.12. The molecule has 0 atom stereocenters. The molecule has 0 spiro atoms. The van der Waals surface area contributed by atoms with Crippen LogP contribution in [0.15, 0.2) is 12.1 Å². The molecule has 1 aromatic rings. The van der Waals surface area contributed by atoms with Crippen molar-refractivity contribution in [3.8, 4) is 5.75 Å². The lowest BCUT2D eigenvalue weighted by atomic mass is 10.0. The molecule has 1 nitrogen and oxygen atoms in total. The van der Waals surface area contributed by atoms with Gasteiger partial charge in [0.1, 0.15) is 5.75 Å². The highest BCUT2D eigenvalue weighted by atomic mass is 16.5. The average molecular weight is 178 g/mol. The third-order valence-corrected chi connectivity index (χ3v) is 2.35. The maximum absolute atomic E-state index is 5.41. The molecule has 0 amide bonds. The largest absolute Gasteiger partial charge is 0.496 e. The van der Waals surface area contributed by atoms with E-state index in [2.05, 4.69) is 32.9 Å². The number of hydrogen-bond acceptors (Lipinski definition) is 1. The van der Waals surface area contributed by atoms with Gasteiger partial charge in [-0.2, -0.15) is 0 Å². The summed E-state index contributed by atoms with van der Waals surface area (Å²) in [5.74, 6) is 1.08. The molecule has 0 aliphatic heterocycles. The third kappa shape index (κ3) is 2.03. The second kappa shape index (κ2) is 4.31. The normalized spacial score (nSPS) is 10.2. The van der Waals surface area contributed by atoms with Crippen LogP contribution in [0.2, 0.25) is 0 Å². The van der Waals surface area contributed by atoms with Crippen LogP contribution in [0.4, 0.5) is 0 Å². The van der Waals surface area contributed by atoms with Crippen LogP contribution in [-0.2, 0) is 12.8 Å². The summed E-state index contributed by atoms with van der Waals surface area (Å²) in [5, 5.41) is 0. The Hall–Kier alpha value is -0.980. The monoisotopic (exact) mass is 178 g/mol. The molecule has 0 saturated heterocycles. The molecule has 0 aliphatic carbocycles. The highest BCUT2D eigenvalue weighted by Crippen LogP contribution is 2.26. The lowest BCUT2D eigenvalue weighted by molar-refractivity contribution is 0.405. The van der Waals surface area contributed by atoms with Crippen molar-refractivity contribution in [2.75, 3.05) is 7.11 Å². The molecule has 1 aromatic carbocycles. The van der Waals surface area contributed by atoms with Crippen molar-refractivity contribution >= 4 is 0 Å². The van der Waals surface area contributed by atoms with Gasteiger partial charge in [0.2, 0.25) is 0 Å². The average Bonchev–Trinajstić information content (AvgIpc) is 2.16. The summed E-state index contributed by atoms with van der Waals surface area (Å²) in [6.45, 7) is 6.46. The molecule has 0 aromatic heterocycles. The highest BCUT2D eigenvalue weighted by Gasteiger charge is 2.06. The molecule has 1 rings (SSSR count). The van der Waals surface area contributed by atoms with E-state index in [4.69, 9.17) is 4.74 Å². The molecule has 0 unspecified atom stereocenters. The van der Waals surface area contributed by atoms with Gasteiger partial charge < -0.3 is 4.74 Å². The van der Waals surface area contributed by atoms with Crippen LogP contribution in [-0.4, -0.2) is 7.11 Å². The minimum absolute atomic E-state index is 1.04. The number of rotatable bonds is 3. The Morgan fingerprint density at radius 3 is 1.85 bits per heavy atom. The third-order valence-electron chi connectivity index (χ3n) is 2.35. The SMILES string of the molecule is CCc1cc(C)cc(CC)c1OC. The number of methoxy groups -OCH3 is 1. The van der Waals surface area contributed by atoms with Gasteiger partial charge in [-0.25, -0.2) is 0 Å². The van der Waals surface area contributed by atoms with Gasteiger partial charge in [0, 0.05) is 0 Å². The predicted octanol–water partition coefficient (Wildman–Crippen LogP) is 3.13. The van der Waals surface area contributed by atoms with Gasteiger partial charge in [-0.05, 0) is 30.9 Å². The minimum atomic E-state index is 1.04. The first-order valence-corrected chi connectivity index (χ1v) is 4.89. The minimum Gasteiger partial charge on any atom is -0.496 e. The van der Waals surface area contributed by atoms with Gasteiger partial charge in [-0.15, -0.1) is 0 Å². The number of hydrogen-bond donors (Lipinski definition) is 0. The zero-order chi connectivity index (χ0) is 9.84. The molecule has 13 heavy (non-hydrogen) atoms. The zero-order valence-electron chi connectivity index (χ0n) is 8.98. The van der Waals surface area contributed by atoms with Gasteiger partial charge in [-0.1, -0.05) is 31.5 Å². The summed E-state index contributed by atoms with van der Waals surface area (Å²) in [7, 11) is 1.75. The van der Waals surface area contributed by atoms with Crippen LogP contribution in [0, 0.1) is 6.92 Å². The van der Waals surface area contributed by atoms with E-state index in [0.717, 1.165) is 18.6 Å². The van der Waals surface area contributed by atoms with E-state index in [1.807, 2.05) is 0 Å². The first-order chi connectivity index (χ1) is 6.22. The second-order valence-electron chi connectivity index (χ2n) is 3.32. The van der Waals surface area contributed by atoms with Crippen molar-refractivity contribution in [3.63, 3.8) is 0 Å². The topological polar surface area (TPSA) is 9.23 Å². The van der Waals surface area contributed by atoms with Gasteiger partial charge in [0.15, 0.2) is 0 Å². The number of benzene rings is 1. The summed E-state index contributed by atoms with van der Waals surface area (Å²) in [4.78, 5) is 0. The maximum atomic E-state index is 5.41. The quantitative estimate of drug-likeness (QED) is 0.691. The van der Waals surface area contributed by atoms with E-state index in [-0.39, 0.29) is 0 Å². The first-order valence-electron chi connectivity index (χ1n) is 4.89. The van der Waals surface area contributed by atoms with Gasteiger partial charge in [0.05, 0.1) is 7.11 Å². The maximum Gasteiger partial charge on any atom is 0.125 e. The Kier molecular flexibility index (Phi) is 3.35. The molecular formula is C12H18O. The fraction of sp³-hybridized carbons (Fsp3) is 0.500. The lowest BCUT2D eigenvalue weighted by Crippen LogP contribution is -1.97. The molecule has 1 heteroatoms. The Balaban J connectivity index is 3.25. The summed E-state index contributed by atoms with van der Waals surface area (Å²) in [5.41, 5.74) is 3.97. The van der Waals surface area contributed by atoms with Crippen LogP contribution in [0.3, 0.4) is 0 Å². The molecular weight excluding hydrogens is 160 g/mol. The van der Waals surface area contributed by atoms with Crippen molar-refractivity contribution in [3.05, 3.63) is 28.8 Å². The number of aryl methyl sites for hydroxylation is 3. The van der Waals surface area contributed by atoms with E-state index in [1.54, 1.807) is 7.11 Å². The van der Waals surface area contributed by atoms with Crippen molar-refractivity contribution in [2.45, 2.75) is 33.6 Å². The Bertz CT molecular complexity index is 264. The Labute approximate surface area is 80.7 Å². The second-order valence-corrected chi connectivity index (χ2v) is 3.32. The van der Waals surface area contributed by atoms with Crippen molar-refractivity contribution in [2.24, 2.45) is 0 Å². The van der Waals surface area contributed by atoms with E-state index >= 15 is 0 Å². The van der Waals surface area contributed by atoms with E-state index in [1.165, 1.54) is 16.7 Å². The summed E-state index contributed by atoms with van der Waals surface area (Å²) >= 11 is 0. The molecule has 0 fully saturated rings. The fourth-order valence-corrected chi connectivity index (χ4v) is 1.72. The summed E-state index contributed by atoms with van der Waals surface area (Å²) in [6, 6.07) is 4.41. The van der Waals surface area contributed by atoms with Gasteiger partial charge in [-0.3, -0.25) is 0 Å². The van der Waals surface area contributed by atoms with Crippen LogP contribution in [0.1, 0.15) is 30.5 Å². The summed E-state index contributed by atoms with van der Waals surface area (Å²) < 4.78 is 5.41. The predicted molar refractivity (Wildman–Crippen MR) is 56.5 cm³/mol.